The molecule has 2 rings (SSSR count). The summed E-state index contributed by atoms with van der Waals surface area (Å²) in [6.07, 6.45) is 1.05. The lowest BCUT2D eigenvalue weighted by molar-refractivity contribution is 0.674. The zero-order valence-corrected chi connectivity index (χ0v) is 11.3. The molecular weight excluding hydrogens is 230 g/mol. The summed E-state index contributed by atoms with van der Waals surface area (Å²) in [5.74, 6) is 0.943. The molecule has 1 aromatic heterocycles. The van der Waals surface area contributed by atoms with Crippen molar-refractivity contribution in [3.63, 3.8) is 0 Å². The van der Waals surface area contributed by atoms with Gasteiger partial charge in [-0.25, -0.2) is 0 Å². The molecule has 90 valence electrons. The van der Waals surface area contributed by atoms with Crippen LogP contribution in [0.3, 0.4) is 0 Å². The number of nitrogens with zero attached hydrogens (tertiary/aromatic N) is 2. The molecule has 0 fully saturated rings. The number of H-pyrrole nitrogens is 1. The van der Waals surface area contributed by atoms with Crippen molar-refractivity contribution in [3.05, 3.63) is 34.1 Å². The van der Waals surface area contributed by atoms with E-state index in [1.807, 2.05) is 0 Å². The Bertz CT molecular complexity index is 581. The monoisotopic (exact) mass is 247 g/mol. The minimum Gasteiger partial charge on any atom is -0.300 e. The molecule has 0 aliphatic heterocycles. The van der Waals surface area contributed by atoms with Crippen LogP contribution in [0, 0.1) is 18.6 Å². The van der Waals surface area contributed by atoms with Gasteiger partial charge in [0.25, 0.3) is 0 Å². The average molecular weight is 247 g/mol. The van der Waals surface area contributed by atoms with Gasteiger partial charge in [-0.2, -0.15) is 5.10 Å². The zero-order valence-electron chi connectivity index (χ0n) is 10.4. The Morgan fingerprint density at radius 1 is 1.35 bits per heavy atom. The highest BCUT2D eigenvalue weighted by atomic mass is 32.1. The third-order valence-corrected chi connectivity index (χ3v) is 3.15. The van der Waals surface area contributed by atoms with Crippen molar-refractivity contribution in [2.24, 2.45) is 0 Å². The van der Waals surface area contributed by atoms with Crippen molar-refractivity contribution in [3.8, 4) is 11.4 Å². The number of nitrogens with one attached hydrogen (secondary N) is 1. The van der Waals surface area contributed by atoms with Crippen LogP contribution in [0.4, 0.5) is 0 Å². The van der Waals surface area contributed by atoms with Crippen LogP contribution in [0.15, 0.2) is 18.2 Å². The molecule has 3 nitrogen and oxygen atoms in total. The second kappa shape index (κ2) is 4.84. The van der Waals surface area contributed by atoms with Crippen LogP contribution >= 0.6 is 12.2 Å². The second-order valence-electron chi connectivity index (χ2n) is 4.32. The highest BCUT2D eigenvalue weighted by molar-refractivity contribution is 7.71. The van der Waals surface area contributed by atoms with Gasteiger partial charge >= 0.3 is 0 Å². The predicted octanol–water partition coefficient (Wildman–Crippen LogP) is 3.63. The molecule has 1 heterocycles. The topological polar surface area (TPSA) is 33.6 Å². The fourth-order valence-corrected chi connectivity index (χ4v) is 2.15. The van der Waals surface area contributed by atoms with E-state index >= 15 is 0 Å². The Labute approximate surface area is 106 Å². The summed E-state index contributed by atoms with van der Waals surface area (Å²) in [4.78, 5) is 0. The summed E-state index contributed by atoms with van der Waals surface area (Å²) in [5, 5.41) is 7.24. The number of rotatable bonds is 3. The first-order valence-corrected chi connectivity index (χ1v) is 6.27. The molecule has 0 amide bonds. The van der Waals surface area contributed by atoms with E-state index < -0.39 is 0 Å². The third kappa shape index (κ3) is 2.31. The Morgan fingerprint density at radius 2 is 2.12 bits per heavy atom. The van der Waals surface area contributed by atoms with E-state index in [0.29, 0.717) is 4.77 Å². The van der Waals surface area contributed by atoms with Gasteiger partial charge in [-0.15, -0.1) is 0 Å². The molecule has 2 aromatic rings. The van der Waals surface area contributed by atoms with Gasteiger partial charge in [-0.05, 0) is 44.1 Å². The van der Waals surface area contributed by atoms with Crippen molar-refractivity contribution in [1.82, 2.24) is 14.8 Å². The Morgan fingerprint density at radius 3 is 2.82 bits per heavy atom. The van der Waals surface area contributed by atoms with Gasteiger partial charge in [-0.1, -0.05) is 24.6 Å². The molecular formula is C13H17N3S. The largest absolute Gasteiger partial charge is 0.300 e. The van der Waals surface area contributed by atoms with Gasteiger partial charge in [0.1, 0.15) is 0 Å². The number of aryl methyl sites for hydroxylation is 2. The average Bonchev–Trinajstić information content (AvgIpc) is 2.65. The molecule has 0 aliphatic carbocycles. The fraction of sp³-hybridized carbons (Fsp3) is 0.385. The smallest absolute Gasteiger partial charge is 0.195 e. The summed E-state index contributed by atoms with van der Waals surface area (Å²) in [7, 11) is 0. The molecule has 0 unspecified atom stereocenters. The molecule has 0 atom stereocenters. The highest BCUT2D eigenvalue weighted by Gasteiger charge is 2.10. The summed E-state index contributed by atoms with van der Waals surface area (Å²) in [5.41, 5.74) is 3.62. The normalized spacial score (nSPS) is 10.8. The Kier molecular flexibility index (Phi) is 3.43. The number of aromatic amines is 1. The fourth-order valence-electron chi connectivity index (χ4n) is 1.93. The van der Waals surface area contributed by atoms with E-state index in [1.54, 1.807) is 0 Å². The van der Waals surface area contributed by atoms with Crippen molar-refractivity contribution in [2.75, 3.05) is 0 Å². The molecule has 0 saturated carbocycles. The van der Waals surface area contributed by atoms with Crippen molar-refractivity contribution >= 4 is 12.2 Å². The van der Waals surface area contributed by atoms with E-state index in [0.717, 1.165) is 24.4 Å². The highest BCUT2D eigenvalue weighted by Crippen LogP contribution is 2.23. The van der Waals surface area contributed by atoms with Crippen molar-refractivity contribution < 1.29 is 0 Å². The van der Waals surface area contributed by atoms with Crippen LogP contribution in [-0.2, 0) is 6.54 Å². The van der Waals surface area contributed by atoms with E-state index in [4.69, 9.17) is 12.2 Å². The number of benzene rings is 1. The SMILES string of the molecule is CCCn1c(-c2cc(C)ccc2C)n[nH]c1=S. The molecule has 17 heavy (non-hydrogen) atoms. The van der Waals surface area contributed by atoms with Crippen molar-refractivity contribution in [2.45, 2.75) is 33.7 Å². The Balaban J connectivity index is 2.60. The van der Waals surface area contributed by atoms with Gasteiger partial charge in [0, 0.05) is 12.1 Å². The van der Waals surface area contributed by atoms with Gasteiger partial charge in [0.2, 0.25) is 0 Å². The molecule has 1 aromatic carbocycles. The summed E-state index contributed by atoms with van der Waals surface area (Å²) < 4.78 is 2.76. The molecule has 0 saturated heterocycles. The second-order valence-corrected chi connectivity index (χ2v) is 4.71. The number of hydrogen-bond acceptors (Lipinski definition) is 2. The molecule has 0 aliphatic rings. The van der Waals surface area contributed by atoms with Crippen LogP contribution in [0.5, 0.6) is 0 Å². The lowest BCUT2D eigenvalue weighted by Crippen LogP contribution is -2.01. The van der Waals surface area contributed by atoms with Crippen LogP contribution in [-0.4, -0.2) is 14.8 Å². The lowest BCUT2D eigenvalue weighted by atomic mass is 10.1. The summed E-state index contributed by atoms with van der Waals surface area (Å²) >= 11 is 5.26. The van der Waals surface area contributed by atoms with Gasteiger partial charge in [-0.3, -0.25) is 5.10 Å². The van der Waals surface area contributed by atoms with E-state index in [9.17, 15) is 0 Å². The first-order valence-electron chi connectivity index (χ1n) is 5.86. The van der Waals surface area contributed by atoms with Crippen LogP contribution < -0.4 is 0 Å². The van der Waals surface area contributed by atoms with Gasteiger partial charge in [0.05, 0.1) is 0 Å². The predicted molar refractivity (Wildman–Crippen MR) is 72.6 cm³/mol. The van der Waals surface area contributed by atoms with E-state index in [2.05, 4.69) is 53.7 Å². The maximum atomic E-state index is 5.26. The van der Waals surface area contributed by atoms with Crippen LogP contribution in [0.1, 0.15) is 24.5 Å². The molecule has 0 bridgehead atoms. The van der Waals surface area contributed by atoms with E-state index in [-0.39, 0.29) is 0 Å². The maximum Gasteiger partial charge on any atom is 0.195 e. The quantitative estimate of drug-likeness (QED) is 0.840. The first-order chi connectivity index (χ1) is 8.13. The minimum absolute atomic E-state index is 0.697. The molecule has 0 spiro atoms. The third-order valence-electron chi connectivity index (χ3n) is 2.84. The summed E-state index contributed by atoms with van der Waals surface area (Å²) in [6, 6.07) is 6.40. The first kappa shape index (κ1) is 12.0. The van der Waals surface area contributed by atoms with Crippen LogP contribution in [0.25, 0.3) is 11.4 Å². The lowest BCUT2D eigenvalue weighted by Gasteiger charge is -2.08. The van der Waals surface area contributed by atoms with E-state index in [1.165, 1.54) is 11.1 Å². The number of hydrogen-bond donors (Lipinski definition) is 1. The van der Waals surface area contributed by atoms with Crippen molar-refractivity contribution in [1.29, 1.82) is 0 Å². The minimum atomic E-state index is 0.697. The maximum absolute atomic E-state index is 5.26. The van der Waals surface area contributed by atoms with Gasteiger partial charge in [0.15, 0.2) is 10.6 Å². The van der Waals surface area contributed by atoms with Crippen LogP contribution in [0.2, 0.25) is 0 Å². The Hall–Kier alpha value is -1.42. The molecule has 1 N–H and O–H groups in total. The van der Waals surface area contributed by atoms with Gasteiger partial charge < -0.3 is 4.57 Å². The molecule has 4 heteroatoms. The molecule has 0 radical (unpaired) electrons. The summed E-state index contributed by atoms with van der Waals surface area (Å²) in [6.45, 7) is 7.23. The standard InChI is InChI=1S/C13H17N3S/c1-4-7-16-12(14-15-13(16)17)11-8-9(2)5-6-10(11)3/h5-6,8H,4,7H2,1-3H3,(H,15,17). The number of aromatic nitrogens is 3. The zero-order chi connectivity index (χ0) is 12.4.